The van der Waals surface area contributed by atoms with Gasteiger partial charge >= 0.3 is 0 Å². The minimum Gasteiger partial charge on any atom is -0.497 e. The van der Waals surface area contributed by atoms with Gasteiger partial charge in [0.15, 0.2) is 0 Å². The zero-order valence-electron chi connectivity index (χ0n) is 81.7. The summed E-state index contributed by atoms with van der Waals surface area (Å²) >= 11 is 7.95. The van der Waals surface area contributed by atoms with Crippen molar-refractivity contribution in [1.29, 1.82) is 0 Å². The van der Waals surface area contributed by atoms with Crippen molar-refractivity contribution in [2.24, 2.45) is 57.4 Å². The van der Waals surface area contributed by atoms with E-state index in [0.717, 1.165) is 70.9 Å². The molecule has 15 N–H and O–H groups in total. The highest BCUT2D eigenvalue weighted by Gasteiger charge is 2.35. The molecule has 41 heteroatoms. The Morgan fingerprint density at radius 3 is 0.826 bits per heavy atom. The number of rotatable bonds is 32. The van der Waals surface area contributed by atoms with Gasteiger partial charge in [0.2, 0.25) is 17.7 Å². The van der Waals surface area contributed by atoms with E-state index in [4.69, 9.17) is 45.6 Å². The summed E-state index contributed by atoms with van der Waals surface area (Å²) in [6.07, 6.45) is 5.20. The molecule has 4 heterocycles. The molecule has 0 unspecified atom stereocenters. The first-order chi connectivity index (χ1) is 71.1. The van der Waals surface area contributed by atoms with E-state index in [1.54, 1.807) is 163 Å². The van der Waals surface area contributed by atoms with Crippen LogP contribution in [0.1, 0.15) is 113 Å². The molecule has 33 nitrogen and oxygen atoms in total. The number of benzene rings is 10. The lowest BCUT2D eigenvalue weighted by molar-refractivity contribution is -0.118. The number of carbonyl (C=O) groups is 7. The molecule has 4 aromatic heterocycles. The first-order valence-electron chi connectivity index (χ1n) is 46.2. The standard InChI is InChI=1S/C32H30FIN4O5.C28H26FIN4O4.2C24H22FIN4O4/c1-18-24(37-31(40)20-9-10-20)5-4-6-26(18)43-27-16-28(39)38(2)30(36-25-14-11-21(34)15-23(25)33)29(27)32(41)35-17-19-7-12-22(42-3)13-8-19;1-16-21(31)5-4-6-23(16)38-24-14-25(35)34(2)27(33-22-12-9-18(30)13-20(22)29)26(24)28(36)32-15-17-7-10-19(37-3)11-8-17;2*1-12-16(29-24(33)13-6-7-13)4-3-5-18(12)34-19-11-20(31)30(2)23(21(19)22(27)32)28-17-9-8-14(26)10-15(17)25/h4-8,11-16,20,36H,9-10,17H2,1-3H3,(H,35,41)(H,37,40);4-14,33H,15,31H2,1-3H3,(H,32,36);2*3-5,8-11,13,28H,6-7H2,1-2H3,(H2,27,32)(H,29,33). The number of hydrogen-bond acceptors (Lipinski definition) is 22. The predicted octanol–water partition coefficient (Wildman–Crippen LogP) is 20.6. The van der Waals surface area contributed by atoms with Crippen LogP contribution >= 0.6 is 90.4 Å². The van der Waals surface area contributed by atoms with Gasteiger partial charge in [-0.3, -0.25) is 71.0 Å². The summed E-state index contributed by atoms with van der Waals surface area (Å²) < 4.78 is 101. The zero-order chi connectivity index (χ0) is 107. The number of carbonyl (C=O) groups excluding carboxylic acids is 7. The van der Waals surface area contributed by atoms with Crippen molar-refractivity contribution in [3.63, 3.8) is 0 Å². The number of nitrogen functional groups attached to an aromatic ring is 1. The van der Waals surface area contributed by atoms with Gasteiger partial charge in [0.25, 0.3) is 45.9 Å². The van der Waals surface area contributed by atoms with Crippen LogP contribution < -0.4 is 116 Å². The molecule has 0 atom stereocenters. The Hall–Kier alpha value is -15.3. The topological polar surface area (TPSA) is 449 Å². The lowest BCUT2D eigenvalue weighted by Gasteiger charge is -2.20. The number of methoxy groups -OCH3 is 2. The van der Waals surface area contributed by atoms with Crippen LogP contribution in [0.4, 0.5) is 86.3 Å². The number of ether oxygens (including phenoxy) is 6. The van der Waals surface area contributed by atoms with Gasteiger partial charge in [-0.05, 0) is 313 Å². The first-order valence-corrected chi connectivity index (χ1v) is 50.5. The van der Waals surface area contributed by atoms with Gasteiger partial charge in [-0.15, -0.1) is 0 Å². The predicted molar refractivity (Wildman–Crippen MR) is 595 cm³/mol. The summed E-state index contributed by atoms with van der Waals surface area (Å²) in [7, 11) is 8.99. The second kappa shape index (κ2) is 48.6. The van der Waals surface area contributed by atoms with Gasteiger partial charge in [-0.1, -0.05) is 48.5 Å². The van der Waals surface area contributed by atoms with Crippen LogP contribution in [0.3, 0.4) is 0 Å². The van der Waals surface area contributed by atoms with Gasteiger partial charge in [0, 0.05) is 143 Å². The van der Waals surface area contributed by atoms with Gasteiger partial charge < -0.3 is 93.5 Å². The van der Waals surface area contributed by atoms with Gasteiger partial charge in [-0.25, -0.2) is 17.6 Å². The minimum atomic E-state index is -0.866. The lowest BCUT2D eigenvalue weighted by atomic mass is 10.1. The van der Waals surface area contributed by atoms with E-state index in [1.807, 2.05) is 115 Å². The highest BCUT2D eigenvalue weighted by molar-refractivity contribution is 14.1. The van der Waals surface area contributed by atoms with E-state index in [9.17, 15) is 70.3 Å². The molecule has 0 radical (unpaired) electrons. The van der Waals surface area contributed by atoms with Crippen molar-refractivity contribution in [2.75, 3.05) is 57.2 Å². The van der Waals surface area contributed by atoms with Gasteiger partial charge in [-0.2, -0.15) is 0 Å². The Labute approximate surface area is 905 Å². The molecule has 0 bridgehead atoms. The number of primary amides is 2. The van der Waals surface area contributed by atoms with Crippen LogP contribution in [0, 0.1) is 83.0 Å². The normalized spacial score (nSPS) is 12.1. The molecular weight excluding hydrogens is 2380 g/mol. The Morgan fingerprint density at radius 2 is 0.577 bits per heavy atom. The number of aromatic nitrogens is 4. The van der Waals surface area contributed by atoms with E-state index in [0.29, 0.717) is 93.8 Å². The SMILES string of the molecule is COc1ccc(CNC(=O)c2c(Oc3cccc(N)c3C)cc(=O)n(C)c2Nc2ccc(I)cc2F)cc1.COc1ccc(CNC(=O)c2c(Oc3cccc(NC(=O)C4CC4)c3C)cc(=O)n(C)c2Nc2ccc(I)cc2F)cc1.Cc1c(NC(=O)C2CC2)cccc1Oc1cc(=O)n(C)c(Nc2ccc(I)cc2F)c1C(N)=O.Cc1c(NC(=O)C2CC2)cccc1Oc1cc(=O)n(C)c(Nc2ccc(I)cc2F)c1C(N)=O. The van der Waals surface area contributed by atoms with Crippen molar-refractivity contribution < 1.29 is 79.5 Å². The van der Waals surface area contributed by atoms with Crippen LogP contribution in [0.15, 0.2) is 238 Å². The number of amides is 7. The van der Waals surface area contributed by atoms with Crippen molar-refractivity contribution in [2.45, 2.75) is 79.3 Å². The number of nitrogens with one attached hydrogen (secondary N) is 9. The lowest BCUT2D eigenvalue weighted by Crippen LogP contribution is -2.29. The number of anilines is 12. The summed E-state index contributed by atoms with van der Waals surface area (Å²) in [6.45, 7) is 7.42. The first kappa shape index (κ1) is 109. The molecule has 7 amide bonds. The maximum absolute atomic E-state index is 14.9. The highest BCUT2D eigenvalue weighted by atomic mass is 127. The summed E-state index contributed by atoms with van der Waals surface area (Å²) in [6, 6.07) is 57.8. The summed E-state index contributed by atoms with van der Waals surface area (Å²) in [5, 5.41) is 25.9. The molecule has 3 aliphatic rings. The second-order valence-electron chi connectivity index (χ2n) is 34.8. The molecule has 0 aliphatic heterocycles. The fourth-order valence-corrected chi connectivity index (χ4v) is 16.8. The Bertz CT molecular complexity index is 7650. The molecule has 17 rings (SSSR count). The Morgan fingerprint density at radius 1 is 0.329 bits per heavy atom. The molecule has 10 aromatic carbocycles. The largest absolute Gasteiger partial charge is 0.497 e. The van der Waals surface area contributed by atoms with Crippen LogP contribution in [0.25, 0.3) is 0 Å². The smallest absolute Gasteiger partial charge is 0.259 e. The maximum Gasteiger partial charge on any atom is 0.259 e. The zero-order valence-corrected chi connectivity index (χ0v) is 90.3. The van der Waals surface area contributed by atoms with E-state index in [1.165, 1.54) is 98.0 Å². The van der Waals surface area contributed by atoms with Gasteiger partial charge in [0.05, 0.1) is 37.0 Å². The fourth-order valence-electron chi connectivity index (χ4n) is 15.0. The van der Waals surface area contributed by atoms with Crippen LogP contribution in [-0.4, -0.2) is 73.8 Å². The number of halogens is 8. The van der Waals surface area contributed by atoms with E-state index < -0.39 is 69.1 Å². The average molecular weight is 2480 g/mol. The molecule has 3 fully saturated rings. The Balaban J connectivity index is 0.000000157. The van der Waals surface area contributed by atoms with Crippen molar-refractivity contribution in [3.05, 3.63) is 353 Å². The fraction of sp³-hybridized carbons (Fsp3) is 0.194. The molecule has 149 heavy (non-hydrogen) atoms. The van der Waals surface area contributed by atoms with Gasteiger partial charge in [0.1, 0.15) is 126 Å². The molecule has 770 valence electrons. The van der Waals surface area contributed by atoms with Crippen molar-refractivity contribution >= 4 is 200 Å². The average Bonchev–Trinajstić information content (AvgIpc) is 1.41. The van der Waals surface area contributed by atoms with E-state index >= 15 is 0 Å². The van der Waals surface area contributed by atoms with Crippen molar-refractivity contribution in [3.8, 4) is 57.5 Å². The molecule has 0 saturated heterocycles. The quantitative estimate of drug-likeness (QED) is 0.0106. The molecule has 14 aromatic rings. The van der Waals surface area contributed by atoms with E-state index in [-0.39, 0.29) is 140 Å². The summed E-state index contributed by atoms with van der Waals surface area (Å²) in [5.74, 6) is -2.46. The highest BCUT2D eigenvalue weighted by Crippen LogP contribution is 2.43. The third-order valence-corrected chi connectivity index (χ3v) is 26.9. The third-order valence-electron chi connectivity index (χ3n) is 24.2. The monoisotopic (exact) mass is 2480 g/mol. The van der Waals surface area contributed by atoms with Crippen LogP contribution in [0.2, 0.25) is 0 Å². The third kappa shape index (κ3) is 27.4. The van der Waals surface area contributed by atoms with Crippen LogP contribution in [-0.2, 0) is 55.7 Å². The number of nitrogens with zero attached hydrogens (tertiary/aromatic N) is 4. The Kier molecular flexibility index (Phi) is 35.7. The van der Waals surface area contributed by atoms with Crippen molar-refractivity contribution in [1.82, 2.24) is 28.9 Å². The summed E-state index contributed by atoms with van der Waals surface area (Å²) in [4.78, 5) is 141. The number of nitrogens with two attached hydrogens (primary N) is 3. The minimum absolute atomic E-state index is 0.000353. The molecular formula is C108H100F4I4N16O17. The second-order valence-corrected chi connectivity index (χ2v) is 39.7. The molecule has 3 aliphatic carbocycles. The number of hydrogen-bond donors (Lipinski definition) is 12. The van der Waals surface area contributed by atoms with E-state index in [2.05, 4.69) is 47.9 Å². The maximum atomic E-state index is 14.9. The molecule has 3 saturated carbocycles. The number of pyridine rings is 4. The summed E-state index contributed by atoms with van der Waals surface area (Å²) in [5.41, 5.74) is 21.9. The molecule has 0 spiro atoms. The van der Waals surface area contributed by atoms with Crippen LogP contribution in [0.5, 0.6) is 57.5 Å².